The Morgan fingerprint density at radius 3 is 2.31 bits per heavy atom. The van der Waals surface area contributed by atoms with E-state index in [0.29, 0.717) is 16.5 Å². The first-order valence-electron chi connectivity index (χ1n) is 10.6. The molecule has 3 aromatic rings. The lowest BCUT2D eigenvalue weighted by atomic mass is 9.87. The molecule has 0 fully saturated rings. The number of carbonyl (C=O) groups is 1. The molecule has 11 heteroatoms. The van der Waals surface area contributed by atoms with Gasteiger partial charge in [0.25, 0.3) is 5.91 Å². The van der Waals surface area contributed by atoms with Crippen molar-refractivity contribution in [3.63, 3.8) is 0 Å². The summed E-state index contributed by atoms with van der Waals surface area (Å²) in [6, 6.07) is 8.89. The number of amides is 1. The lowest BCUT2D eigenvalue weighted by Gasteiger charge is -2.27. The van der Waals surface area contributed by atoms with Crippen LogP contribution in [0.15, 0.2) is 42.5 Å². The third-order valence-corrected chi connectivity index (χ3v) is 6.34. The fourth-order valence-corrected chi connectivity index (χ4v) is 4.08. The van der Waals surface area contributed by atoms with Gasteiger partial charge in [-0.2, -0.15) is 13.2 Å². The van der Waals surface area contributed by atoms with Crippen LogP contribution in [0.1, 0.15) is 54.0 Å². The van der Waals surface area contributed by atoms with Crippen molar-refractivity contribution in [1.29, 1.82) is 0 Å². The second-order valence-corrected chi connectivity index (χ2v) is 10.7. The molecule has 1 atom stereocenters. The van der Waals surface area contributed by atoms with Crippen molar-refractivity contribution in [3.05, 3.63) is 70.7 Å². The van der Waals surface area contributed by atoms with Gasteiger partial charge in [-0.05, 0) is 69.7 Å². The number of fused-ring (bicyclic) bond motifs is 1. The maximum absolute atomic E-state index is 14.7. The van der Waals surface area contributed by atoms with Crippen LogP contribution >= 0.6 is 0 Å². The van der Waals surface area contributed by atoms with Crippen LogP contribution in [0.5, 0.6) is 0 Å². The van der Waals surface area contributed by atoms with Gasteiger partial charge < -0.3 is 5.32 Å². The molecule has 0 spiro atoms. The second-order valence-electron chi connectivity index (χ2n) is 8.98. The fourth-order valence-electron chi connectivity index (χ4n) is 3.46. The molecule has 3 rings (SSSR count). The Bertz CT molecular complexity index is 1400. The zero-order chi connectivity index (χ0) is 26.3. The maximum atomic E-state index is 14.7. The Kier molecular flexibility index (Phi) is 6.86. The number of hydrogen-bond donors (Lipinski definition) is 2. The summed E-state index contributed by atoms with van der Waals surface area (Å²) in [6.45, 7) is 5.28. The molecule has 0 unspecified atom stereocenters. The van der Waals surface area contributed by atoms with E-state index in [4.69, 9.17) is 0 Å². The number of benzene rings is 2. The van der Waals surface area contributed by atoms with E-state index in [2.05, 4.69) is 15.0 Å². The number of aromatic nitrogens is 1. The Balaban J connectivity index is 1.83. The minimum Gasteiger partial charge on any atom is -0.345 e. The third-order valence-electron chi connectivity index (χ3n) is 5.75. The summed E-state index contributed by atoms with van der Waals surface area (Å²) in [7, 11) is -3.59. The topological polar surface area (TPSA) is 88.2 Å². The summed E-state index contributed by atoms with van der Waals surface area (Å²) in [5.41, 5.74) is -1.01. The van der Waals surface area contributed by atoms with E-state index in [0.717, 1.165) is 26.2 Å². The molecule has 0 saturated heterocycles. The first kappa shape index (κ1) is 26.4. The first-order chi connectivity index (χ1) is 16.0. The van der Waals surface area contributed by atoms with Crippen molar-refractivity contribution in [2.24, 2.45) is 0 Å². The zero-order valence-electron chi connectivity index (χ0n) is 19.7. The predicted molar refractivity (Wildman–Crippen MR) is 126 cm³/mol. The smallest absolute Gasteiger partial charge is 0.345 e. The number of nitrogens with zero attached hydrogens (tertiary/aromatic N) is 1. The van der Waals surface area contributed by atoms with Crippen LogP contribution in [0.4, 0.5) is 23.2 Å². The van der Waals surface area contributed by atoms with Crippen molar-refractivity contribution < 1.29 is 30.8 Å². The number of carbonyl (C=O) groups excluding carboxylic acids is 1. The molecule has 0 aliphatic carbocycles. The molecule has 188 valence electrons. The fraction of sp³-hybridized carbons (Fsp3) is 0.333. The summed E-state index contributed by atoms with van der Waals surface area (Å²) < 4.78 is 79.8. The Morgan fingerprint density at radius 1 is 1.06 bits per heavy atom. The normalized spacial score (nSPS) is 13.5. The number of pyridine rings is 1. The van der Waals surface area contributed by atoms with Crippen LogP contribution < -0.4 is 10.0 Å². The number of anilines is 1. The SMILES string of the molecule is Cc1cc([C@H](C)NC(=O)c2ccc3nc(C(C)(C)C(F)(F)F)ccc3c2)c(F)cc1NS(C)(=O)=O. The summed E-state index contributed by atoms with van der Waals surface area (Å²) in [4.78, 5) is 16.9. The van der Waals surface area contributed by atoms with Gasteiger partial charge in [0.15, 0.2) is 0 Å². The predicted octanol–water partition coefficient (Wildman–Crippen LogP) is 5.38. The number of alkyl halides is 3. The summed E-state index contributed by atoms with van der Waals surface area (Å²) in [5, 5.41) is 3.16. The van der Waals surface area contributed by atoms with Gasteiger partial charge in [0, 0.05) is 16.5 Å². The molecule has 6 nitrogen and oxygen atoms in total. The summed E-state index contributed by atoms with van der Waals surface area (Å²) in [6.07, 6.45) is -3.52. The highest BCUT2D eigenvalue weighted by molar-refractivity contribution is 7.92. The Hall–Kier alpha value is -3.21. The van der Waals surface area contributed by atoms with E-state index in [1.165, 1.54) is 36.4 Å². The van der Waals surface area contributed by atoms with Gasteiger partial charge in [-0.3, -0.25) is 14.5 Å². The zero-order valence-corrected chi connectivity index (χ0v) is 20.5. The molecule has 0 saturated carbocycles. The number of halogens is 4. The van der Waals surface area contributed by atoms with Gasteiger partial charge in [0.1, 0.15) is 11.2 Å². The molecule has 1 heterocycles. The van der Waals surface area contributed by atoms with Crippen molar-refractivity contribution in [2.75, 3.05) is 11.0 Å². The molecule has 2 aromatic carbocycles. The van der Waals surface area contributed by atoms with Crippen LogP contribution in [0.3, 0.4) is 0 Å². The van der Waals surface area contributed by atoms with Crippen molar-refractivity contribution in [2.45, 2.75) is 45.3 Å². The van der Waals surface area contributed by atoms with Crippen molar-refractivity contribution in [1.82, 2.24) is 10.3 Å². The van der Waals surface area contributed by atoms with Crippen LogP contribution in [0.2, 0.25) is 0 Å². The minimum atomic E-state index is -4.48. The van der Waals surface area contributed by atoms with Crippen LogP contribution in [-0.4, -0.2) is 31.7 Å². The highest BCUT2D eigenvalue weighted by atomic mass is 32.2. The number of sulfonamides is 1. The lowest BCUT2D eigenvalue weighted by molar-refractivity contribution is -0.181. The highest BCUT2D eigenvalue weighted by Crippen LogP contribution is 2.40. The number of rotatable bonds is 6. The number of nitrogens with one attached hydrogen (secondary N) is 2. The first-order valence-corrected chi connectivity index (χ1v) is 12.5. The van der Waals surface area contributed by atoms with Crippen LogP contribution in [-0.2, 0) is 15.4 Å². The molecule has 0 bridgehead atoms. The average molecular weight is 512 g/mol. The van der Waals surface area contributed by atoms with Crippen molar-refractivity contribution >= 4 is 32.5 Å². The van der Waals surface area contributed by atoms with Gasteiger partial charge in [-0.1, -0.05) is 6.07 Å². The monoisotopic (exact) mass is 511 g/mol. The lowest BCUT2D eigenvalue weighted by Crippen LogP contribution is -2.37. The van der Waals surface area contributed by atoms with Gasteiger partial charge >= 0.3 is 6.18 Å². The summed E-state index contributed by atoms with van der Waals surface area (Å²) >= 11 is 0. The summed E-state index contributed by atoms with van der Waals surface area (Å²) in [5.74, 6) is -1.22. The quantitative estimate of drug-likeness (QED) is 0.435. The Morgan fingerprint density at radius 2 is 1.71 bits per heavy atom. The third kappa shape index (κ3) is 5.72. The second kappa shape index (κ2) is 9.10. The Labute approximate surface area is 200 Å². The van der Waals surface area contributed by atoms with Gasteiger partial charge in [-0.15, -0.1) is 0 Å². The number of hydrogen-bond acceptors (Lipinski definition) is 4. The van der Waals surface area contributed by atoms with E-state index in [-0.39, 0.29) is 22.5 Å². The van der Waals surface area contributed by atoms with Gasteiger partial charge in [-0.25, -0.2) is 12.8 Å². The molecule has 0 radical (unpaired) electrons. The molecule has 2 N–H and O–H groups in total. The van der Waals surface area contributed by atoms with E-state index < -0.39 is 39.4 Å². The van der Waals surface area contributed by atoms with E-state index in [1.807, 2.05) is 0 Å². The van der Waals surface area contributed by atoms with E-state index in [1.54, 1.807) is 13.8 Å². The minimum absolute atomic E-state index is 0.0994. The van der Waals surface area contributed by atoms with Crippen LogP contribution in [0, 0.1) is 12.7 Å². The standard InChI is InChI=1S/C24H25F4N3O3S/c1-13-10-17(18(25)12-20(13)31-35(5,33)34)14(2)29-22(32)16-6-8-19-15(11-16)7-9-21(30-19)23(3,4)24(26,27)28/h6-12,14,31H,1-5H3,(H,29,32)/t14-/m0/s1. The highest BCUT2D eigenvalue weighted by Gasteiger charge is 2.49. The molecular formula is C24H25F4N3O3S. The van der Waals surface area contributed by atoms with Gasteiger partial charge in [0.2, 0.25) is 10.0 Å². The van der Waals surface area contributed by atoms with E-state index in [9.17, 15) is 30.8 Å². The average Bonchev–Trinajstić information content (AvgIpc) is 2.73. The van der Waals surface area contributed by atoms with Gasteiger partial charge in [0.05, 0.1) is 29.2 Å². The molecule has 0 aliphatic heterocycles. The molecule has 1 aromatic heterocycles. The number of aryl methyl sites for hydroxylation is 1. The largest absolute Gasteiger partial charge is 0.399 e. The van der Waals surface area contributed by atoms with Crippen LogP contribution in [0.25, 0.3) is 10.9 Å². The molecular weight excluding hydrogens is 486 g/mol. The molecule has 0 aliphatic rings. The van der Waals surface area contributed by atoms with Crippen molar-refractivity contribution in [3.8, 4) is 0 Å². The molecule has 35 heavy (non-hydrogen) atoms. The molecule has 1 amide bonds. The maximum Gasteiger partial charge on any atom is 0.399 e. The van der Waals surface area contributed by atoms with E-state index >= 15 is 0 Å².